The molecule has 0 aromatic heterocycles. The normalized spacial score (nSPS) is 3.25. The molecule has 0 rings (SSSR count). The maximum absolute atomic E-state index is 3.36. The molecule has 0 aromatic carbocycles. The molecule has 0 saturated carbocycles. The van der Waals surface area contributed by atoms with Gasteiger partial charge in [0.1, 0.15) is 0 Å². The van der Waals surface area contributed by atoms with Crippen molar-refractivity contribution in [1.29, 1.82) is 0 Å². The smallest absolute Gasteiger partial charge is 0 e. The number of allylic oxidation sites excluding steroid dienone is 1. The van der Waals surface area contributed by atoms with E-state index in [4.69, 9.17) is 0 Å². The summed E-state index contributed by atoms with van der Waals surface area (Å²) >= 11 is 0. The summed E-state index contributed by atoms with van der Waals surface area (Å²) in [6.45, 7) is 5.25. The van der Waals surface area contributed by atoms with E-state index in [1.165, 1.54) is 0 Å². The zero-order chi connectivity index (χ0) is 2.71. The van der Waals surface area contributed by atoms with Gasteiger partial charge >= 0.3 is 0 Å². The van der Waals surface area contributed by atoms with Gasteiger partial charge in [-0.25, -0.2) is 0 Å². The first-order valence-electron chi connectivity index (χ1n) is 0.986. The van der Waals surface area contributed by atoms with Gasteiger partial charge in [0.25, 0.3) is 0 Å². The predicted molar refractivity (Wildman–Crippen MR) is 15.9 cm³/mol. The van der Waals surface area contributed by atoms with Crippen LogP contribution in [0.5, 0.6) is 0 Å². The summed E-state index contributed by atoms with van der Waals surface area (Å²) < 4.78 is 0. The zero-order valence-corrected chi connectivity index (χ0v) is 3.53. The van der Waals surface area contributed by atoms with Crippen LogP contribution in [0, 0.1) is 0 Å². The molecule has 0 saturated heterocycles. The van der Waals surface area contributed by atoms with Crippen LogP contribution >= 0.6 is 0 Å². The standard InChI is InChI=1S/C3H6.Cu/c1-3-2;/h3H,1H2,2H3;. The summed E-state index contributed by atoms with van der Waals surface area (Å²) in [7, 11) is 0. The first-order chi connectivity index (χ1) is 1.41. The van der Waals surface area contributed by atoms with Crippen LogP contribution in [-0.4, -0.2) is 0 Å². The van der Waals surface area contributed by atoms with Crippen LogP contribution in [0.1, 0.15) is 6.92 Å². The fourth-order valence-corrected chi connectivity index (χ4v) is 0. The first-order valence-corrected chi connectivity index (χ1v) is 0.986. The van der Waals surface area contributed by atoms with Crippen molar-refractivity contribution >= 4 is 0 Å². The topological polar surface area (TPSA) is 0 Å². The van der Waals surface area contributed by atoms with E-state index in [0.717, 1.165) is 0 Å². The Bertz CT molecular complexity index is 10.8. The van der Waals surface area contributed by atoms with Gasteiger partial charge in [-0.15, -0.1) is 6.58 Å². The Morgan fingerprint density at radius 2 is 1.75 bits per heavy atom. The minimum atomic E-state index is 0. The van der Waals surface area contributed by atoms with Crippen molar-refractivity contribution in [3.8, 4) is 0 Å². The van der Waals surface area contributed by atoms with Gasteiger partial charge in [-0.05, 0) is 6.92 Å². The molecule has 0 spiro atoms. The van der Waals surface area contributed by atoms with E-state index in [9.17, 15) is 0 Å². The van der Waals surface area contributed by atoms with Gasteiger partial charge < -0.3 is 0 Å². The maximum Gasteiger partial charge on any atom is 0 e. The minimum Gasteiger partial charge on any atom is -0.103 e. The van der Waals surface area contributed by atoms with Crippen LogP contribution in [0.3, 0.4) is 0 Å². The van der Waals surface area contributed by atoms with Crippen molar-refractivity contribution in [3.63, 3.8) is 0 Å². The summed E-state index contributed by atoms with van der Waals surface area (Å²) in [5.74, 6) is 0. The maximum atomic E-state index is 3.36. The summed E-state index contributed by atoms with van der Waals surface area (Å²) in [6, 6.07) is 0. The molecule has 29 valence electrons. The molecule has 0 fully saturated rings. The molecule has 0 aliphatic heterocycles. The van der Waals surface area contributed by atoms with E-state index >= 15 is 0 Å². The van der Waals surface area contributed by atoms with E-state index in [-0.39, 0.29) is 17.1 Å². The summed E-state index contributed by atoms with van der Waals surface area (Å²) in [6.07, 6.45) is 1.75. The first kappa shape index (κ1) is 8.86. The molecule has 0 nitrogen and oxygen atoms in total. The molecule has 0 amide bonds. The van der Waals surface area contributed by atoms with Gasteiger partial charge in [0.15, 0.2) is 0 Å². The Morgan fingerprint density at radius 1 is 1.75 bits per heavy atom. The van der Waals surface area contributed by atoms with Crippen molar-refractivity contribution in [3.05, 3.63) is 12.7 Å². The molecular formula is C3H6Cu. The Balaban J connectivity index is 0. The van der Waals surface area contributed by atoms with Crippen LogP contribution in [0.25, 0.3) is 0 Å². The van der Waals surface area contributed by atoms with Crippen molar-refractivity contribution in [1.82, 2.24) is 0 Å². The van der Waals surface area contributed by atoms with E-state index in [2.05, 4.69) is 6.58 Å². The fraction of sp³-hybridized carbons (Fsp3) is 0.333. The third kappa shape index (κ3) is 53.2. The van der Waals surface area contributed by atoms with Crippen LogP contribution in [0.2, 0.25) is 0 Å². The Hall–Kier alpha value is 0.259. The summed E-state index contributed by atoms with van der Waals surface area (Å²) in [5.41, 5.74) is 0. The number of hydrogen-bond acceptors (Lipinski definition) is 0. The quantitative estimate of drug-likeness (QED) is 0.321. The molecule has 0 heterocycles. The van der Waals surface area contributed by atoms with Crippen molar-refractivity contribution in [2.75, 3.05) is 0 Å². The Kier molecular flexibility index (Phi) is 23.2. The second-order valence-corrected chi connectivity index (χ2v) is 0.408. The number of hydrogen-bond donors (Lipinski definition) is 0. The van der Waals surface area contributed by atoms with Gasteiger partial charge in [0, 0.05) is 17.1 Å². The average molecular weight is 106 g/mol. The second-order valence-electron chi connectivity index (χ2n) is 0.408. The van der Waals surface area contributed by atoms with Crippen molar-refractivity contribution in [2.45, 2.75) is 6.92 Å². The van der Waals surface area contributed by atoms with Crippen LogP contribution < -0.4 is 0 Å². The molecule has 1 radical (unpaired) electrons. The number of rotatable bonds is 0. The van der Waals surface area contributed by atoms with E-state index in [1.54, 1.807) is 6.08 Å². The molecule has 0 aliphatic carbocycles. The van der Waals surface area contributed by atoms with Crippen LogP contribution in [0.15, 0.2) is 12.7 Å². The van der Waals surface area contributed by atoms with Gasteiger partial charge in [-0.2, -0.15) is 0 Å². The summed E-state index contributed by atoms with van der Waals surface area (Å²) in [4.78, 5) is 0. The molecule has 0 unspecified atom stereocenters. The third-order valence-corrected chi connectivity index (χ3v) is 0. The molecular weight excluding hydrogens is 99.6 g/mol. The van der Waals surface area contributed by atoms with Gasteiger partial charge in [0.05, 0.1) is 0 Å². The largest absolute Gasteiger partial charge is 0.103 e. The fourth-order valence-electron chi connectivity index (χ4n) is 0. The second kappa shape index (κ2) is 10.5. The van der Waals surface area contributed by atoms with Crippen molar-refractivity contribution in [2.24, 2.45) is 0 Å². The van der Waals surface area contributed by atoms with E-state index in [0.29, 0.717) is 0 Å². The third-order valence-electron chi connectivity index (χ3n) is 0. The molecule has 0 bridgehead atoms. The van der Waals surface area contributed by atoms with E-state index < -0.39 is 0 Å². The monoisotopic (exact) mass is 105 g/mol. The van der Waals surface area contributed by atoms with Crippen LogP contribution in [0.4, 0.5) is 0 Å². The molecule has 0 aliphatic rings. The van der Waals surface area contributed by atoms with Gasteiger partial charge in [-0.1, -0.05) is 6.08 Å². The molecule has 0 aromatic rings. The molecule has 1 heteroatoms. The summed E-state index contributed by atoms with van der Waals surface area (Å²) in [5, 5.41) is 0. The average Bonchev–Trinajstić information content (AvgIpc) is 0.918. The van der Waals surface area contributed by atoms with Crippen molar-refractivity contribution < 1.29 is 17.1 Å². The Labute approximate surface area is 37.4 Å². The molecule has 0 N–H and O–H groups in total. The van der Waals surface area contributed by atoms with Gasteiger partial charge in [-0.3, -0.25) is 0 Å². The predicted octanol–water partition coefficient (Wildman–Crippen LogP) is 1.19. The SMILES string of the molecule is C=CC.[Cu]. The molecule has 0 atom stereocenters. The van der Waals surface area contributed by atoms with Gasteiger partial charge in [0.2, 0.25) is 0 Å². The Morgan fingerprint density at radius 3 is 1.75 bits per heavy atom. The van der Waals surface area contributed by atoms with Crippen LogP contribution in [-0.2, 0) is 17.1 Å². The molecule has 4 heavy (non-hydrogen) atoms. The zero-order valence-electron chi connectivity index (χ0n) is 2.59. The minimum absolute atomic E-state index is 0. The van der Waals surface area contributed by atoms with E-state index in [1.807, 2.05) is 6.92 Å².